The van der Waals surface area contributed by atoms with Crippen LogP contribution >= 0.6 is 11.6 Å². The van der Waals surface area contributed by atoms with Crippen LogP contribution in [0, 0.1) is 0 Å². The van der Waals surface area contributed by atoms with E-state index >= 15 is 0 Å². The van der Waals surface area contributed by atoms with Crippen molar-refractivity contribution in [2.75, 3.05) is 13.1 Å². The Morgan fingerprint density at radius 1 is 1.33 bits per heavy atom. The van der Waals surface area contributed by atoms with Gasteiger partial charge in [-0.25, -0.2) is 4.98 Å². The molecule has 3 heterocycles. The third-order valence-electron chi connectivity index (χ3n) is 5.50. The molecule has 6 nitrogen and oxygen atoms in total. The van der Waals surface area contributed by atoms with E-state index in [1.165, 1.54) is 0 Å². The molecule has 2 aromatic heterocycles. The highest BCUT2D eigenvalue weighted by atomic mass is 35.5. The number of likely N-dealkylation sites (tertiary alicyclic amines) is 1. The number of hydrogen-bond donors (Lipinski definition) is 1. The van der Waals surface area contributed by atoms with Crippen molar-refractivity contribution >= 4 is 17.5 Å². The monoisotopic (exact) mass is 426 g/mol. The number of oxazole rings is 1. The van der Waals surface area contributed by atoms with Crippen LogP contribution in [0.25, 0.3) is 0 Å². The quantitative estimate of drug-likeness (QED) is 0.639. The molecule has 4 rings (SSSR count). The normalized spacial score (nSPS) is 17.3. The fourth-order valence-electron chi connectivity index (χ4n) is 3.78. The second kappa shape index (κ2) is 8.26. The van der Waals surface area contributed by atoms with E-state index in [4.69, 9.17) is 16.0 Å². The van der Waals surface area contributed by atoms with Gasteiger partial charge in [0.05, 0.1) is 12.1 Å². The maximum absolute atomic E-state index is 13.0. The van der Waals surface area contributed by atoms with Crippen molar-refractivity contribution in [1.29, 1.82) is 0 Å². The van der Waals surface area contributed by atoms with Crippen LogP contribution in [0.1, 0.15) is 72.9 Å². The minimum atomic E-state index is -0.0760. The average molecular weight is 427 g/mol. The number of hydrogen-bond acceptors (Lipinski definition) is 4. The molecule has 3 aromatic rings. The standard InChI is InChI=1S/C23H27ClN4O2/c1-23(2,3)20-12-19(26-27-20)22(29)28-9-5-7-16(14-28)21-25-13-18(30-21)11-15-6-4-8-17(24)10-15/h4,6,8,10,12-13,16H,5,7,9,11,14H2,1-3H3,(H,26,27)/t16-/m0/s1. The Labute approximate surface area is 181 Å². The summed E-state index contributed by atoms with van der Waals surface area (Å²) in [7, 11) is 0. The smallest absolute Gasteiger partial charge is 0.274 e. The summed E-state index contributed by atoms with van der Waals surface area (Å²) in [6.07, 6.45) is 4.29. The summed E-state index contributed by atoms with van der Waals surface area (Å²) in [6, 6.07) is 9.60. The van der Waals surface area contributed by atoms with Gasteiger partial charge in [-0.3, -0.25) is 9.89 Å². The van der Waals surface area contributed by atoms with Crippen molar-refractivity contribution in [2.45, 2.75) is 51.4 Å². The Morgan fingerprint density at radius 2 is 2.17 bits per heavy atom. The second-order valence-corrected chi connectivity index (χ2v) is 9.42. The Bertz CT molecular complexity index is 1030. The molecular formula is C23H27ClN4O2. The molecule has 1 N–H and O–H groups in total. The van der Waals surface area contributed by atoms with E-state index in [1.807, 2.05) is 35.2 Å². The van der Waals surface area contributed by atoms with Gasteiger partial charge in [0.15, 0.2) is 5.89 Å². The van der Waals surface area contributed by atoms with Crippen molar-refractivity contribution in [3.8, 4) is 0 Å². The highest BCUT2D eigenvalue weighted by molar-refractivity contribution is 6.30. The van der Waals surface area contributed by atoms with Gasteiger partial charge < -0.3 is 9.32 Å². The molecule has 1 aliphatic heterocycles. The van der Waals surface area contributed by atoms with Crippen LogP contribution in [-0.2, 0) is 11.8 Å². The number of halogens is 1. The van der Waals surface area contributed by atoms with Gasteiger partial charge in [-0.2, -0.15) is 5.10 Å². The Kier molecular flexibility index (Phi) is 5.69. The van der Waals surface area contributed by atoms with Gasteiger partial charge in [0.2, 0.25) is 0 Å². The molecule has 1 aliphatic rings. The molecule has 1 atom stereocenters. The number of aromatic nitrogens is 3. The first kappa shape index (κ1) is 20.7. The summed E-state index contributed by atoms with van der Waals surface area (Å²) in [4.78, 5) is 19.3. The van der Waals surface area contributed by atoms with Crippen LogP contribution in [0.15, 0.2) is 40.9 Å². The lowest BCUT2D eigenvalue weighted by atomic mass is 9.92. The molecule has 1 amide bonds. The minimum Gasteiger partial charge on any atom is -0.445 e. The first-order valence-electron chi connectivity index (χ1n) is 10.3. The Hall–Kier alpha value is -2.60. The molecule has 1 saturated heterocycles. The van der Waals surface area contributed by atoms with Crippen molar-refractivity contribution < 1.29 is 9.21 Å². The lowest BCUT2D eigenvalue weighted by molar-refractivity contribution is 0.0692. The topological polar surface area (TPSA) is 75.0 Å². The molecule has 158 valence electrons. The number of nitrogens with one attached hydrogen (secondary N) is 1. The lowest BCUT2D eigenvalue weighted by Crippen LogP contribution is -2.39. The van der Waals surface area contributed by atoms with Crippen LogP contribution < -0.4 is 0 Å². The molecule has 0 unspecified atom stereocenters. The zero-order valence-corrected chi connectivity index (χ0v) is 18.4. The summed E-state index contributed by atoms with van der Waals surface area (Å²) >= 11 is 6.07. The number of piperidine rings is 1. The summed E-state index contributed by atoms with van der Waals surface area (Å²) in [5.74, 6) is 1.55. The van der Waals surface area contributed by atoms with Gasteiger partial charge in [-0.05, 0) is 36.6 Å². The van der Waals surface area contributed by atoms with E-state index in [1.54, 1.807) is 6.20 Å². The maximum Gasteiger partial charge on any atom is 0.274 e. The zero-order valence-electron chi connectivity index (χ0n) is 17.6. The zero-order chi connectivity index (χ0) is 21.3. The van der Waals surface area contributed by atoms with E-state index in [9.17, 15) is 4.79 Å². The molecule has 0 radical (unpaired) electrons. The number of benzene rings is 1. The Balaban J connectivity index is 1.43. The van der Waals surface area contributed by atoms with Gasteiger partial charge in [0.1, 0.15) is 11.5 Å². The molecular weight excluding hydrogens is 400 g/mol. The molecule has 0 spiro atoms. The number of carbonyl (C=O) groups is 1. The minimum absolute atomic E-state index is 0.0443. The first-order chi connectivity index (χ1) is 14.3. The van der Waals surface area contributed by atoms with Crippen LogP contribution in [-0.4, -0.2) is 39.1 Å². The van der Waals surface area contributed by atoms with Gasteiger partial charge in [0.25, 0.3) is 5.91 Å². The fourth-order valence-corrected chi connectivity index (χ4v) is 3.99. The molecule has 30 heavy (non-hydrogen) atoms. The Morgan fingerprint density at radius 3 is 2.90 bits per heavy atom. The summed E-state index contributed by atoms with van der Waals surface area (Å²) in [6.45, 7) is 7.59. The molecule has 1 fully saturated rings. The third-order valence-corrected chi connectivity index (χ3v) is 5.74. The van der Waals surface area contributed by atoms with E-state index in [0.717, 1.165) is 36.4 Å². The fraction of sp³-hybridized carbons (Fsp3) is 0.435. The highest BCUT2D eigenvalue weighted by Crippen LogP contribution is 2.29. The van der Waals surface area contributed by atoms with E-state index in [2.05, 4.69) is 36.0 Å². The second-order valence-electron chi connectivity index (χ2n) is 8.98. The largest absolute Gasteiger partial charge is 0.445 e. The number of nitrogens with zero attached hydrogens (tertiary/aromatic N) is 3. The van der Waals surface area contributed by atoms with Gasteiger partial charge in [-0.15, -0.1) is 0 Å². The highest BCUT2D eigenvalue weighted by Gasteiger charge is 2.30. The van der Waals surface area contributed by atoms with E-state index in [-0.39, 0.29) is 17.2 Å². The molecule has 7 heteroatoms. The number of rotatable bonds is 4. The van der Waals surface area contributed by atoms with Gasteiger partial charge in [0, 0.05) is 35.6 Å². The SMILES string of the molecule is CC(C)(C)c1cc(C(=O)N2CCC[C@H](c3ncc(Cc4cccc(Cl)c4)o3)C2)n[nH]1. The van der Waals surface area contributed by atoms with Crippen LogP contribution in [0.2, 0.25) is 5.02 Å². The molecule has 1 aromatic carbocycles. The number of H-pyrrole nitrogens is 1. The molecule has 0 bridgehead atoms. The number of amides is 1. The predicted octanol–water partition coefficient (Wildman–Crippen LogP) is 4.96. The van der Waals surface area contributed by atoms with Crippen molar-refractivity contribution in [3.63, 3.8) is 0 Å². The van der Waals surface area contributed by atoms with E-state index < -0.39 is 0 Å². The van der Waals surface area contributed by atoms with Crippen LogP contribution in [0.4, 0.5) is 0 Å². The molecule has 0 saturated carbocycles. The summed E-state index contributed by atoms with van der Waals surface area (Å²) in [5, 5.41) is 7.96. The predicted molar refractivity (Wildman–Crippen MR) is 116 cm³/mol. The van der Waals surface area contributed by atoms with Crippen LogP contribution in [0.3, 0.4) is 0 Å². The van der Waals surface area contributed by atoms with E-state index in [0.29, 0.717) is 29.6 Å². The number of carbonyl (C=O) groups excluding carboxylic acids is 1. The summed E-state index contributed by atoms with van der Waals surface area (Å²) in [5.41, 5.74) is 2.43. The number of aromatic amines is 1. The van der Waals surface area contributed by atoms with Gasteiger partial charge >= 0.3 is 0 Å². The van der Waals surface area contributed by atoms with Crippen molar-refractivity contribution in [2.24, 2.45) is 0 Å². The van der Waals surface area contributed by atoms with Gasteiger partial charge in [-0.1, -0.05) is 44.5 Å². The maximum atomic E-state index is 13.0. The summed E-state index contributed by atoms with van der Waals surface area (Å²) < 4.78 is 6.04. The lowest BCUT2D eigenvalue weighted by Gasteiger charge is -2.30. The van der Waals surface area contributed by atoms with Crippen molar-refractivity contribution in [3.05, 3.63) is 70.2 Å². The molecule has 0 aliphatic carbocycles. The average Bonchev–Trinajstić information content (AvgIpc) is 3.37. The van der Waals surface area contributed by atoms with Crippen molar-refractivity contribution in [1.82, 2.24) is 20.1 Å². The first-order valence-corrected chi connectivity index (χ1v) is 10.7. The van der Waals surface area contributed by atoms with Crippen LogP contribution in [0.5, 0.6) is 0 Å². The third kappa shape index (κ3) is 4.59.